The quantitative estimate of drug-likeness (QED) is 0.107. The van der Waals surface area contributed by atoms with E-state index in [2.05, 4.69) is 39.7 Å². The Kier molecular flexibility index (Phi) is 8.15. The Hall–Kier alpha value is -3.89. The average Bonchev–Trinajstić information content (AvgIpc) is 3.50. The zero-order valence-electron chi connectivity index (χ0n) is 23.1. The van der Waals surface area contributed by atoms with Crippen molar-refractivity contribution in [3.05, 3.63) is 140 Å². The molecule has 216 valence electrons. The summed E-state index contributed by atoms with van der Waals surface area (Å²) in [5, 5.41) is 16.1. The standard InChI is InChI=1S/C32H25Cl2N5O2S2/c1-19-18-25(20(2)37(19)28-8-5-6-26(33)29(28)34)31-30(27-7-3-4-17-35-27)36-32(42)38(31)21-9-13-23(14-10-21)43-24-15-11-22(12-16-24)39(40)41/h3-18,30-31H,1-2H3,(H,36,42)/t30-,31+/m1/s1. The smallest absolute Gasteiger partial charge is 0.269 e. The molecule has 1 aliphatic rings. The first-order valence-electron chi connectivity index (χ1n) is 13.4. The van der Waals surface area contributed by atoms with Crippen LogP contribution in [0.25, 0.3) is 5.69 Å². The second-order valence-electron chi connectivity index (χ2n) is 10.1. The van der Waals surface area contributed by atoms with Crippen LogP contribution in [0.15, 0.2) is 107 Å². The molecule has 43 heavy (non-hydrogen) atoms. The van der Waals surface area contributed by atoms with Gasteiger partial charge in [0.05, 0.1) is 38.4 Å². The van der Waals surface area contributed by atoms with Crippen molar-refractivity contribution in [1.82, 2.24) is 14.9 Å². The summed E-state index contributed by atoms with van der Waals surface area (Å²) in [6.07, 6.45) is 1.79. The molecule has 11 heteroatoms. The molecular weight excluding hydrogens is 621 g/mol. The summed E-state index contributed by atoms with van der Waals surface area (Å²) in [5.74, 6) is 0. The SMILES string of the molecule is Cc1cc([C@H]2[C@@H](c3ccccn3)NC(=S)N2c2ccc(Sc3ccc([N+](=O)[O-])cc3)cc2)c(C)n1-c1cccc(Cl)c1Cl. The fourth-order valence-electron chi connectivity index (χ4n) is 5.52. The highest BCUT2D eigenvalue weighted by molar-refractivity contribution is 7.99. The van der Waals surface area contributed by atoms with Crippen molar-refractivity contribution in [2.75, 3.05) is 4.90 Å². The van der Waals surface area contributed by atoms with Crippen molar-refractivity contribution in [2.24, 2.45) is 0 Å². The summed E-state index contributed by atoms with van der Waals surface area (Å²) in [5.41, 5.74) is 5.82. The number of thiocarbonyl (C=S) groups is 1. The molecule has 1 saturated heterocycles. The molecule has 0 radical (unpaired) electrons. The predicted octanol–water partition coefficient (Wildman–Crippen LogP) is 9.03. The molecule has 3 aromatic carbocycles. The number of aromatic nitrogens is 2. The number of hydrogen-bond donors (Lipinski definition) is 1. The third-order valence-electron chi connectivity index (χ3n) is 7.46. The number of aryl methyl sites for hydroxylation is 1. The number of pyridine rings is 1. The lowest BCUT2D eigenvalue weighted by Crippen LogP contribution is -2.29. The van der Waals surface area contributed by atoms with E-state index in [4.69, 9.17) is 35.4 Å². The largest absolute Gasteiger partial charge is 0.351 e. The van der Waals surface area contributed by atoms with Gasteiger partial charge in [0.1, 0.15) is 0 Å². The number of non-ortho nitro benzene ring substituents is 1. The maximum atomic E-state index is 11.0. The number of nitrogens with one attached hydrogen (secondary N) is 1. The molecule has 0 saturated carbocycles. The second-order valence-corrected chi connectivity index (χ2v) is 12.4. The lowest BCUT2D eigenvalue weighted by molar-refractivity contribution is -0.384. The number of nitro benzene ring substituents is 1. The molecule has 0 amide bonds. The molecule has 7 nitrogen and oxygen atoms in total. The van der Waals surface area contributed by atoms with E-state index in [0.29, 0.717) is 15.2 Å². The lowest BCUT2D eigenvalue weighted by Gasteiger charge is -2.28. The maximum Gasteiger partial charge on any atom is 0.269 e. The van der Waals surface area contributed by atoms with E-state index in [1.807, 2.05) is 54.6 Å². The van der Waals surface area contributed by atoms with Gasteiger partial charge in [-0.1, -0.05) is 47.1 Å². The number of nitrogens with zero attached hydrogens (tertiary/aromatic N) is 4. The van der Waals surface area contributed by atoms with E-state index >= 15 is 0 Å². The van der Waals surface area contributed by atoms with E-state index < -0.39 is 4.92 Å². The van der Waals surface area contributed by atoms with Crippen molar-refractivity contribution < 1.29 is 4.92 Å². The van der Waals surface area contributed by atoms with Gasteiger partial charge in [0.2, 0.25) is 0 Å². The Balaban J connectivity index is 1.39. The third kappa shape index (κ3) is 5.61. The van der Waals surface area contributed by atoms with E-state index in [-0.39, 0.29) is 17.8 Å². The summed E-state index contributed by atoms with van der Waals surface area (Å²) in [6, 6.07) is 28.0. The van der Waals surface area contributed by atoms with Crippen LogP contribution >= 0.6 is 47.2 Å². The number of nitro groups is 1. The molecule has 1 N–H and O–H groups in total. The molecule has 0 bridgehead atoms. The van der Waals surface area contributed by atoms with Gasteiger partial charge in [0, 0.05) is 45.2 Å². The van der Waals surface area contributed by atoms with E-state index in [0.717, 1.165) is 43.8 Å². The molecule has 2 atom stereocenters. The Morgan fingerprint density at radius 2 is 1.65 bits per heavy atom. The summed E-state index contributed by atoms with van der Waals surface area (Å²) in [7, 11) is 0. The second kappa shape index (κ2) is 12.0. The molecule has 1 aliphatic heterocycles. The molecule has 0 unspecified atom stereocenters. The maximum absolute atomic E-state index is 11.0. The monoisotopic (exact) mass is 645 g/mol. The van der Waals surface area contributed by atoms with Gasteiger partial charge in [0.25, 0.3) is 5.69 Å². The van der Waals surface area contributed by atoms with Crippen LogP contribution in [0.5, 0.6) is 0 Å². The fourth-order valence-corrected chi connectivity index (χ4v) is 7.06. The number of halogens is 2. The van der Waals surface area contributed by atoms with Crippen LogP contribution in [0.2, 0.25) is 10.0 Å². The van der Waals surface area contributed by atoms with Crippen molar-refractivity contribution in [1.29, 1.82) is 0 Å². The summed E-state index contributed by atoms with van der Waals surface area (Å²) in [6.45, 7) is 4.14. The Morgan fingerprint density at radius 1 is 0.953 bits per heavy atom. The normalized spacial score (nSPS) is 16.4. The first-order chi connectivity index (χ1) is 20.7. The topological polar surface area (TPSA) is 76.2 Å². The number of anilines is 1. The minimum atomic E-state index is -0.397. The molecule has 0 aliphatic carbocycles. The molecule has 3 heterocycles. The van der Waals surface area contributed by atoms with Crippen molar-refractivity contribution >= 4 is 63.7 Å². The zero-order chi connectivity index (χ0) is 30.2. The number of benzene rings is 3. The van der Waals surface area contributed by atoms with Gasteiger partial charge < -0.3 is 14.8 Å². The number of rotatable bonds is 7. The highest BCUT2D eigenvalue weighted by Gasteiger charge is 2.42. The van der Waals surface area contributed by atoms with Crippen molar-refractivity contribution in [3.8, 4) is 5.69 Å². The molecule has 0 spiro atoms. The van der Waals surface area contributed by atoms with E-state index in [9.17, 15) is 10.1 Å². The van der Waals surface area contributed by atoms with Crippen LogP contribution in [-0.4, -0.2) is 19.6 Å². The highest BCUT2D eigenvalue weighted by Crippen LogP contribution is 2.45. The average molecular weight is 647 g/mol. The van der Waals surface area contributed by atoms with Gasteiger partial charge in [-0.3, -0.25) is 15.1 Å². The third-order valence-corrected chi connectivity index (χ3v) is 9.60. The summed E-state index contributed by atoms with van der Waals surface area (Å²) in [4.78, 5) is 19.3. The van der Waals surface area contributed by atoms with Crippen molar-refractivity contribution in [2.45, 2.75) is 35.7 Å². The Morgan fingerprint density at radius 3 is 2.30 bits per heavy atom. The predicted molar refractivity (Wildman–Crippen MR) is 177 cm³/mol. The Bertz CT molecular complexity index is 1830. The van der Waals surface area contributed by atoms with Crippen LogP contribution in [0.3, 0.4) is 0 Å². The zero-order valence-corrected chi connectivity index (χ0v) is 26.2. The first kappa shape index (κ1) is 29.2. The summed E-state index contributed by atoms with van der Waals surface area (Å²) < 4.78 is 2.13. The van der Waals surface area contributed by atoms with Gasteiger partial charge in [-0.2, -0.15) is 0 Å². The van der Waals surface area contributed by atoms with Gasteiger partial charge in [-0.05, 0) is 98.4 Å². The minimum Gasteiger partial charge on any atom is -0.351 e. The Labute approximate surface area is 268 Å². The number of hydrogen-bond acceptors (Lipinski definition) is 5. The highest BCUT2D eigenvalue weighted by atomic mass is 35.5. The van der Waals surface area contributed by atoms with E-state index in [1.54, 1.807) is 24.4 Å². The molecule has 5 aromatic rings. The molecule has 1 fully saturated rings. The van der Waals surface area contributed by atoms with Gasteiger partial charge in [-0.15, -0.1) is 0 Å². The summed E-state index contributed by atoms with van der Waals surface area (Å²) >= 11 is 20.5. The first-order valence-corrected chi connectivity index (χ1v) is 15.4. The molecule has 2 aromatic heterocycles. The van der Waals surface area contributed by atoms with E-state index in [1.165, 1.54) is 23.9 Å². The van der Waals surface area contributed by atoms with Gasteiger partial charge in [-0.25, -0.2) is 0 Å². The molecule has 6 rings (SSSR count). The van der Waals surface area contributed by atoms with Crippen LogP contribution in [0.4, 0.5) is 11.4 Å². The minimum absolute atomic E-state index is 0.0697. The van der Waals surface area contributed by atoms with Gasteiger partial charge in [0.15, 0.2) is 5.11 Å². The molecular formula is C32H25Cl2N5O2S2. The van der Waals surface area contributed by atoms with Crippen LogP contribution in [0.1, 0.15) is 34.7 Å². The lowest BCUT2D eigenvalue weighted by atomic mass is 9.96. The van der Waals surface area contributed by atoms with Crippen LogP contribution < -0.4 is 10.2 Å². The van der Waals surface area contributed by atoms with Crippen molar-refractivity contribution in [3.63, 3.8) is 0 Å². The van der Waals surface area contributed by atoms with Gasteiger partial charge >= 0.3 is 0 Å². The van der Waals surface area contributed by atoms with Crippen LogP contribution in [-0.2, 0) is 0 Å². The van der Waals surface area contributed by atoms with Crippen LogP contribution in [0, 0.1) is 24.0 Å². The fraction of sp³-hybridized carbons (Fsp3) is 0.125.